The summed E-state index contributed by atoms with van der Waals surface area (Å²) in [6, 6.07) is 0.652. The second kappa shape index (κ2) is 6.31. The Morgan fingerprint density at radius 1 is 1.33 bits per heavy atom. The van der Waals surface area contributed by atoms with Crippen molar-refractivity contribution in [1.82, 2.24) is 5.32 Å². The van der Waals surface area contributed by atoms with Gasteiger partial charge in [0.15, 0.2) is 5.17 Å². The smallest absolute Gasteiger partial charge is 0.156 e. The standard InChI is InChI=1S/C15H28N2S/c1-4-13(9-12-7-8-12)17-14-16-10-15(5-2,6-3)11-18-14/h12-13H,4-11H2,1-3H3,(H,16,17). The van der Waals surface area contributed by atoms with Crippen LogP contribution < -0.4 is 5.32 Å². The molecule has 2 nitrogen and oxygen atoms in total. The molecule has 0 saturated heterocycles. The minimum absolute atomic E-state index is 0.466. The largest absolute Gasteiger partial charge is 0.362 e. The quantitative estimate of drug-likeness (QED) is 0.785. The van der Waals surface area contributed by atoms with E-state index >= 15 is 0 Å². The van der Waals surface area contributed by atoms with Crippen molar-refractivity contribution >= 4 is 16.9 Å². The predicted octanol–water partition coefficient (Wildman–Crippen LogP) is 4.06. The lowest BCUT2D eigenvalue weighted by molar-refractivity contribution is 0.317. The van der Waals surface area contributed by atoms with E-state index in [-0.39, 0.29) is 0 Å². The van der Waals surface area contributed by atoms with E-state index in [0.717, 1.165) is 12.5 Å². The van der Waals surface area contributed by atoms with Gasteiger partial charge in [0.05, 0.1) is 0 Å². The van der Waals surface area contributed by atoms with E-state index in [9.17, 15) is 0 Å². The molecule has 2 rings (SSSR count). The fourth-order valence-corrected chi connectivity index (χ4v) is 3.92. The van der Waals surface area contributed by atoms with Crippen LogP contribution in [0.2, 0.25) is 0 Å². The van der Waals surface area contributed by atoms with Crippen molar-refractivity contribution in [2.75, 3.05) is 12.3 Å². The highest BCUT2D eigenvalue weighted by Crippen LogP contribution is 2.36. The molecule has 2 aliphatic rings. The van der Waals surface area contributed by atoms with Crippen LogP contribution in [0.15, 0.2) is 4.99 Å². The summed E-state index contributed by atoms with van der Waals surface area (Å²) in [7, 11) is 0. The highest BCUT2D eigenvalue weighted by molar-refractivity contribution is 8.13. The highest BCUT2D eigenvalue weighted by Gasteiger charge is 2.31. The maximum absolute atomic E-state index is 4.81. The van der Waals surface area contributed by atoms with Gasteiger partial charge in [-0.15, -0.1) is 0 Å². The third-order valence-electron chi connectivity index (χ3n) is 4.71. The number of rotatable bonds is 6. The average molecular weight is 268 g/mol. The van der Waals surface area contributed by atoms with Gasteiger partial charge < -0.3 is 5.32 Å². The molecule has 1 aliphatic carbocycles. The normalized spacial score (nSPS) is 24.5. The van der Waals surface area contributed by atoms with Crippen LogP contribution in [-0.2, 0) is 0 Å². The SMILES string of the molecule is CCC(CC1CC1)NC1=NCC(CC)(CC)CS1. The summed E-state index contributed by atoms with van der Waals surface area (Å²) in [5.74, 6) is 2.24. The Balaban J connectivity index is 1.84. The third kappa shape index (κ3) is 3.66. The molecular weight excluding hydrogens is 240 g/mol. The summed E-state index contributed by atoms with van der Waals surface area (Å²) in [5.41, 5.74) is 0.466. The van der Waals surface area contributed by atoms with E-state index in [1.165, 1.54) is 49.4 Å². The Hall–Kier alpha value is -0.180. The van der Waals surface area contributed by atoms with Gasteiger partial charge in [-0.1, -0.05) is 45.4 Å². The molecule has 0 aromatic rings. The van der Waals surface area contributed by atoms with E-state index in [0.29, 0.717) is 11.5 Å². The number of nitrogens with zero attached hydrogens (tertiary/aromatic N) is 1. The third-order valence-corrected chi connectivity index (χ3v) is 5.99. The fraction of sp³-hybridized carbons (Fsp3) is 0.933. The van der Waals surface area contributed by atoms with Crippen LogP contribution in [-0.4, -0.2) is 23.5 Å². The van der Waals surface area contributed by atoms with Crippen molar-refractivity contribution in [2.24, 2.45) is 16.3 Å². The number of aliphatic imine (C=N–C) groups is 1. The molecule has 0 aromatic carbocycles. The molecule has 0 radical (unpaired) electrons. The minimum atomic E-state index is 0.466. The zero-order valence-electron chi connectivity index (χ0n) is 12.2. The van der Waals surface area contributed by atoms with Crippen molar-refractivity contribution in [3.63, 3.8) is 0 Å². The van der Waals surface area contributed by atoms with Crippen LogP contribution in [0.25, 0.3) is 0 Å². The number of hydrogen-bond acceptors (Lipinski definition) is 3. The molecule has 1 heterocycles. The van der Waals surface area contributed by atoms with Crippen molar-refractivity contribution < 1.29 is 0 Å². The Bertz CT molecular complexity index is 293. The first-order valence-corrected chi connectivity index (χ1v) is 8.63. The molecule has 104 valence electrons. The molecule has 1 aliphatic heterocycles. The van der Waals surface area contributed by atoms with Gasteiger partial charge in [0.2, 0.25) is 0 Å². The first-order chi connectivity index (χ1) is 8.71. The monoisotopic (exact) mass is 268 g/mol. The molecule has 1 unspecified atom stereocenters. The Labute approximate surface area is 116 Å². The molecule has 0 bridgehead atoms. The van der Waals surface area contributed by atoms with Crippen LogP contribution in [0.1, 0.15) is 59.3 Å². The zero-order valence-corrected chi connectivity index (χ0v) is 13.0. The number of thioether (sulfide) groups is 1. The van der Waals surface area contributed by atoms with E-state index < -0.39 is 0 Å². The van der Waals surface area contributed by atoms with E-state index in [1.807, 2.05) is 11.8 Å². The Morgan fingerprint density at radius 3 is 2.50 bits per heavy atom. The van der Waals surface area contributed by atoms with Crippen molar-refractivity contribution in [3.8, 4) is 0 Å². The van der Waals surface area contributed by atoms with Gasteiger partial charge in [-0.2, -0.15) is 0 Å². The molecule has 1 saturated carbocycles. The predicted molar refractivity (Wildman–Crippen MR) is 82.3 cm³/mol. The molecule has 1 N–H and O–H groups in total. The minimum Gasteiger partial charge on any atom is -0.362 e. The van der Waals surface area contributed by atoms with Gasteiger partial charge in [0.25, 0.3) is 0 Å². The molecule has 3 heteroatoms. The summed E-state index contributed by atoms with van der Waals surface area (Å²) < 4.78 is 0. The van der Waals surface area contributed by atoms with Crippen molar-refractivity contribution in [3.05, 3.63) is 0 Å². The van der Waals surface area contributed by atoms with E-state index in [2.05, 4.69) is 26.1 Å². The van der Waals surface area contributed by atoms with Crippen molar-refractivity contribution in [1.29, 1.82) is 0 Å². The lowest BCUT2D eigenvalue weighted by Crippen LogP contribution is -2.39. The number of hydrogen-bond donors (Lipinski definition) is 1. The summed E-state index contributed by atoms with van der Waals surface area (Å²) in [5, 5.41) is 4.88. The summed E-state index contributed by atoms with van der Waals surface area (Å²) >= 11 is 1.95. The Kier molecular flexibility index (Phi) is 4.99. The second-order valence-electron chi connectivity index (χ2n) is 6.05. The highest BCUT2D eigenvalue weighted by atomic mass is 32.2. The van der Waals surface area contributed by atoms with Gasteiger partial charge in [-0.05, 0) is 37.0 Å². The summed E-state index contributed by atoms with van der Waals surface area (Å²) in [6.45, 7) is 7.92. The van der Waals surface area contributed by atoms with Crippen LogP contribution in [0, 0.1) is 11.3 Å². The van der Waals surface area contributed by atoms with Gasteiger partial charge in [-0.3, -0.25) is 4.99 Å². The van der Waals surface area contributed by atoms with Crippen LogP contribution in [0.4, 0.5) is 0 Å². The molecule has 0 amide bonds. The first-order valence-electron chi connectivity index (χ1n) is 7.65. The molecule has 18 heavy (non-hydrogen) atoms. The summed E-state index contributed by atoms with van der Waals surface area (Å²) in [4.78, 5) is 4.81. The molecule has 0 spiro atoms. The topological polar surface area (TPSA) is 24.4 Å². The maximum Gasteiger partial charge on any atom is 0.156 e. The zero-order chi connectivity index (χ0) is 13.0. The maximum atomic E-state index is 4.81. The van der Waals surface area contributed by atoms with Gasteiger partial charge >= 0.3 is 0 Å². The van der Waals surface area contributed by atoms with Gasteiger partial charge in [-0.25, -0.2) is 0 Å². The van der Waals surface area contributed by atoms with Crippen LogP contribution in [0.5, 0.6) is 0 Å². The lowest BCUT2D eigenvalue weighted by Gasteiger charge is -2.34. The molecular formula is C15H28N2S. The molecule has 1 atom stereocenters. The Morgan fingerprint density at radius 2 is 2.06 bits per heavy atom. The second-order valence-corrected chi connectivity index (χ2v) is 7.01. The van der Waals surface area contributed by atoms with Crippen LogP contribution >= 0.6 is 11.8 Å². The summed E-state index contributed by atoms with van der Waals surface area (Å²) in [6.07, 6.45) is 7.99. The lowest BCUT2D eigenvalue weighted by atomic mass is 9.84. The fourth-order valence-electron chi connectivity index (χ4n) is 2.58. The van der Waals surface area contributed by atoms with Gasteiger partial charge in [0, 0.05) is 18.3 Å². The van der Waals surface area contributed by atoms with E-state index in [4.69, 9.17) is 4.99 Å². The van der Waals surface area contributed by atoms with Gasteiger partial charge in [0.1, 0.15) is 0 Å². The number of nitrogens with one attached hydrogen (secondary N) is 1. The van der Waals surface area contributed by atoms with Crippen LogP contribution in [0.3, 0.4) is 0 Å². The average Bonchev–Trinajstić information content (AvgIpc) is 3.23. The van der Waals surface area contributed by atoms with E-state index in [1.54, 1.807) is 0 Å². The molecule has 0 aromatic heterocycles. The van der Waals surface area contributed by atoms with Crippen molar-refractivity contribution in [2.45, 2.75) is 65.3 Å². The first kappa shape index (κ1) is 14.2. The molecule has 1 fully saturated rings. The number of amidine groups is 1.